The lowest BCUT2D eigenvalue weighted by Crippen LogP contribution is -2.48. The van der Waals surface area contributed by atoms with Crippen LogP contribution in [0.15, 0.2) is 78.9 Å². The zero-order valence-corrected chi connectivity index (χ0v) is 20.2. The third-order valence-corrected chi connectivity index (χ3v) is 6.45. The number of carbonyl (C=O) groups excluding carboxylic acids is 1. The third-order valence-electron chi connectivity index (χ3n) is 6.45. The van der Waals surface area contributed by atoms with Gasteiger partial charge < -0.3 is 14.4 Å². The van der Waals surface area contributed by atoms with Crippen LogP contribution < -0.4 is 9.47 Å². The standard InChI is InChI=1S/C29H34N2O3/c1-23(32)26-14-15-27(28(22-26)33-2)34-21-9-16-30-17-19-31(20-18-30)29(24-10-5-3-6-11-24)25-12-7-4-8-13-25/h3-8,10-15,22,29H,9,16-21H2,1-2H3. The van der Waals surface area contributed by atoms with Crippen LogP contribution in [0.4, 0.5) is 0 Å². The van der Waals surface area contributed by atoms with Gasteiger partial charge >= 0.3 is 0 Å². The van der Waals surface area contributed by atoms with Crippen molar-refractivity contribution in [3.8, 4) is 11.5 Å². The molecule has 5 heteroatoms. The number of methoxy groups -OCH3 is 1. The molecule has 3 aromatic rings. The summed E-state index contributed by atoms with van der Waals surface area (Å²) in [6, 6.07) is 27.3. The lowest BCUT2D eigenvalue weighted by atomic mass is 9.96. The highest BCUT2D eigenvalue weighted by Gasteiger charge is 2.26. The maximum Gasteiger partial charge on any atom is 0.161 e. The van der Waals surface area contributed by atoms with E-state index in [1.807, 2.05) is 6.07 Å². The van der Waals surface area contributed by atoms with Crippen molar-refractivity contribution in [2.45, 2.75) is 19.4 Å². The van der Waals surface area contributed by atoms with Crippen molar-refractivity contribution < 1.29 is 14.3 Å². The Morgan fingerprint density at radius 1 is 0.853 bits per heavy atom. The number of piperazine rings is 1. The first-order valence-corrected chi connectivity index (χ1v) is 12.0. The van der Waals surface area contributed by atoms with Crippen LogP contribution in [0.25, 0.3) is 0 Å². The highest BCUT2D eigenvalue weighted by atomic mass is 16.5. The van der Waals surface area contributed by atoms with E-state index in [1.165, 1.54) is 11.1 Å². The second-order valence-electron chi connectivity index (χ2n) is 8.73. The second-order valence-corrected chi connectivity index (χ2v) is 8.73. The lowest BCUT2D eigenvalue weighted by Gasteiger charge is -2.39. The molecular formula is C29H34N2O3. The predicted molar refractivity (Wildman–Crippen MR) is 136 cm³/mol. The summed E-state index contributed by atoms with van der Waals surface area (Å²) in [5.41, 5.74) is 3.33. The molecule has 4 rings (SSSR count). The maximum absolute atomic E-state index is 11.6. The van der Waals surface area contributed by atoms with Crippen molar-refractivity contribution in [2.24, 2.45) is 0 Å². The number of rotatable bonds is 10. The van der Waals surface area contributed by atoms with Crippen LogP contribution in [0.5, 0.6) is 11.5 Å². The van der Waals surface area contributed by atoms with Crippen LogP contribution in [-0.4, -0.2) is 62.0 Å². The van der Waals surface area contributed by atoms with Gasteiger partial charge in [-0.15, -0.1) is 0 Å². The predicted octanol–water partition coefficient (Wildman–Crippen LogP) is 5.07. The molecule has 34 heavy (non-hydrogen) atoms. The highest BCUT2D eigenvalue weighted by Crippen LogP contribution is 2.30. The van der Waals surface area contributed by atoms with Gasteiger partial charge in [-0.2, -0.15) is 0 Å². The van der Waals surface area contributed by atoms with E-state index in [9.17, 15) is 4.79 Å². The summed E-state index contributed by atoms with van der Waals surface area (Å²) in [7, 11) is 1.60. The quantitative estimate of drug-likeness (QED) is 0.313. The molecule has 1 fully saturated rings. The van der Waals surface area contributed by atoms with Gasteiger partial charge in [-0.05, 0) is 42.7 Å². The molecule has 1 saturated heterocycles. The van der Waals surface area contributed by atoms with Crippen LogP contribution >= 0.6 is 0 Å². The van der Waals surface area contributed by atoms with Crippen molar-refractivity contribution in [1.82, 2.24) is 9.80 Å². The van der Waals surface area contributed by atoms with Crippen molar-refractivity contribution >= 4 is 5.78 Å². The molecule has 0 bridgehead atoms. The monoisotopic (exact) mass is 458 g/mol. The molecule has 0 saturated carbocycles. The minimum absolute atomic E-state index is 0.0192. The Morgan fingerprint density at radius 2 is 1.47 bits per heavy atom. The average Bonchev–Trinajstić information content (AvgIpc) is 2.89. The molecule has 0 amide bonds. The molecule has 0 spiro atoms. The van der Waals surface area contributed by atoms with E-state index in [1.54, 1.807) is 26.2 Å². The van der Waals surface area contributed by atoms with Crippen molar-refractivity contribution in [2.75, 3.05) is 46.4 Å². The smallest absolute Gasteiger partial charge is 0.161 e. The average molecular weight is 459 g/mol. The van der Waals surface area contributed by atoms with Crippen molar-refractivity contribution in [3.05, 3.63) is 95.6 Å². The number of ether oxygens (including phenoxy) is 2. The molecule has 0 aliphatic carbocycles. The number of nitrogens with zero attached hydrogens (tertiary/aromatic N) is 2. The van der Waals surface area contributed by atoms with Gasteiger partial charge in [-0.1, -0.05) is 60.7 Å². The molecule has 0 unspecified atom stereocenters. The molecule has 1 aliphatic rings. The molecular weight excluding hydrogens is 424 g/mol. The summed E-state index contributed by atoms with van der Waals surface area (Å²) in [6.45, 7) is 7.34. The van der Waals surface area contributed by atoms with E-state index in [0.717, 1.165) is 39.1 Å². The van der Waals surface area contributed by atoms with E-state index in [0.29, 0.717) is 29.7 Å². The molecule has 3 aromatic carbocycles. The number of Topliss-reactive ketones (excluding diaryl/α,β-unsaturated/α-hetero) is 1. The Labute approximate surface area is 202 Å². The summed E-state index contributed by atoms with van der Waals surface area (Å²) in [4.78, 5) is 16.7. The third kappa shape index (κ3) is 6.04. The summed E-state index contributed by atoms with van der Waals surface area (Å²) in [5.74, 6) is 1.31. The first kappa shape index (κ1) is 24.0. The fourth-order valence-electron chi connectivity index (χ4n) is 4.61. The molecule has 1 aliphatic heterocycles. The topological polar surface area (TPSA) is 42.0 Å². The summed E-state index contributed by atoms with van der Waals surface area (Å²) in [6.07, 6.45) is 0.943. The molecule has 178 valence electrons. The molecule has 5 nitrogen and oxygen atoms in total. The SMILES string of the molecule is COc1cc(C(C)=O)ccc1OCCCN1CCN(C(c2ccccc2)c2ccccc2)CC1. The fraction of sp³-hybridized carbons (Fsp3) is 0.345. The summed E-state index contributed by atoms with van der Waals surface area (Å²) in [5, 5.41) is 0. The number of ketones is 1. The van der Waals surface area contributed by atoms with Crippen LogP contribution in [-0.2, 0) is 0 Å². The Kier molecular flexibility index (Phi) is 8.34. The molecule has 0 radical (unpaired) electrons. The molecule has 1 heterocycles. The van der Waals surface area contributed by atoms with Gasteiger partial charge in [-0.3, -0.25) is 9.69 Å². The maximum atomic E-state index is 11.6. The van der Waals surface area contributed by atoms with Crippen LogP contribution in [0.2, 0.25) is 0 Å². The number of hydrogen-bond donors (Lipinski definition) is 0. The highest BCUT2D eigenvalue weighted by molar-refractivity contribution is 5.94. The van der Waals surface area contributed by atoms with E-state index < -0.39 is 0 Å². The number of hydrogen-bond acceptors (Lipinski definition) is 5. The van der Waals surface area contributed by atoms with Crippen LogP contribution in [0.3, 0.4) is 0 Å². The van der Waals surface area contributed by atoms with Gasteiger partial charge in [0.15, 0.2) is 17.3 Å². The van der Waals surface area contributed by atoms with Gasteiger partial charge in [0, 0.05) is 38.3 Å². The van der Waals surface area contributed by atoms with Gasteiger partial charge in [0.25, 0.3) is 0 Å². The Bertz CT molecular complexity index is 1010. The van der Waals surface area contributed by atoms with Gasteiger partial charge in [0.05, 0.1) is 19.8 Å². The lowest BCUT2D eigenvalue weighted by molar-refractivity contribution is 0.101. The van der Waals surface area contributed by atoms with Gasteiger partial charge in [0.1, 0.15) is 0 Å². The number of benzene rings is 3. The Morgan fingerprint density at radius 3 is 2.03 bits per heavy atom. The van der Waals surface area contributed by atoms with Gasteiger partial charge in [0.2, 0.25) is 0 Å². The molecule has 0 atom stereocenters. The zero-order chi connectivity index (χ0) is 23.8. The minimum Gasteiger partial charge on any atom is -0.493 e. The first-order chi connectivity index (χ1) is 16.7. The van der Waals surface area contributed by atoms with E-state index >= 15 is 0 Å². The van der Waals surface area contributed by atoms with Crippen molar-refractivity contribution in [1.29, 1.82) is 0 Å². The van der Waals surface area contributed by atoms with Crippen LogP contribution in [0.1, 0.15) is 40.9 Å². The fourth-order valence-corrected chi connectivity index (χ4v) is 4.61. The molecule has 0 aromatic heterocycles. The van der Waals surface area contributed by atoms with E-state index in [-0.39, 0.29) is 5.78 Å². The van der Waals surface area contributed by atoms with Gasteiger partial charge in [-0.25, -0.2) is 0 Å². The Hall–Kier alpha value is -3.15. The normalized spacial score (nSPS) is 14.8. The van der Waals surface area contributed by atoms with E-state index in [2.05, 4.69) is 70.5 Å². The van der Waals surface area contributed by atoms with E-state index in [4.69, 9.17) is 9.47 Å². The molecule has 0 N–H and O–H groups in total. The van der Waals surface area contributed by atoms with Crippen molar-refractivity contribution in [3.63, 3.8) is 0 Å². The summed E-state index contributed by atoms with van der Waals surface area (Å²) < 4.78 is 11.4. The number of carbonyl (C=O) groups is 1. The second kappa shape index (κ2) is 11.8. The summed E-state index contributed by atoms with van der Waals surface area (Å²) >= 11 is 0. The largest absolute Gasteiger partial charge is 0.493 e. The minimum atomic E-state index is 0.0192. The zero-order valence-electron chi connectivity index (χ0n) is 20.2. The first-order valence-electron chi connectivity index (χ1n) is 12.0. The Balaban J connectivity index is 1.28. The van der Waals surface area contributed by atoms with Crippen LogP contribution in [0, 0.1) is 0 Å².